The summed E-state index contributed by atoms with van der Waals surface area (Å²) in [6, 6.07) is 25.8. The topological polar surface area (TPSA) is 78.9 Å². The Morgan fingerprint density at radius 1 is 0.833 bits per heavy atom. The van der Waals surface area contributed by atoms with E-state index >= 15 is 0 Å². The molecule has 7 nitrogen and oxygen atoms in total. The second-order valence-electron chi connectivity index (χ2n) is 11.8. The van der Waals surface area contributed by atoms with Crippen molar-refractivity contribution in [3.05, 3.63) is 88.5 Å². The number of hydrogen-bond donors (Lipinski definition) is 0. The van der Waals surface area contributed by atoms with Gasteiger partial charge in [0, 0.05) is 35.9 Å². The standard InChI is InChI=1S/C34H34N6OS/c1-22-10-12-26(14-24(22)3)38-18-33(16-35)30(28-8-6-7-9-29(28)41-5)34(17-36,19-38)32(42)40-21-39(20-37-31(33)40)27-13-11-23(2)25(4)15-27/h6-15,30H,18-21H2,1-5H3/t30-,33+,34+/m0/s1. The highest BCUT2D eigenvalue weighted by atomic mass is 32.1. The van der Waals surface area contributed by atoms with E-state index in [4.69, 9.17) is 21.9 Å². The maximum atomic E-state index is 11.2. The van der Waals surface area contributed by atoms with Gasteiger partial charge < -0.3 is 19.4 Å². The zero-order valence-corrected chi connectivity index (χ0v) is 25.5. The van der Waals surface area contributed by atoms with Crippen molar-refractivity contribution < 1.29 is 4.74 Å². The number of fused-ring (bicyclic) bond motifs is 4. The number of ether oxygens (including phenoxy) is 1. The average Bonchev–Trinajstić information content (AvgIpc) is 3.01. The Labute approximate surface area is 253 Å². The first kappa shape index (κ1) is 27.8. The lowest BCUT2D eigenvalue weighted by molar-refractivity contribution is 0.202. The Morgan fingerprint density at radius 3 is 2.02 bits per heavy atom. The summed E-state index contributed by atoms with van der Waals surface area (Å²) < 4.78 is 5.81. The van der Waals surface area contributed by atoms with Crippen molar-refractivity contribution in [3.63, 3.8) is 0 Å². The quantitative estimate of drug-likeness (QED) is 0.352. The minimum absolute atomic E-state index is 0.352. The van der Waals surface area contributed by atoms with Crippen LogP contribution in [0.25, 0.3) is 0 Å². The number of aryl methyl sites for hydroxylation is 4. The molecule has 42 heavy (non-hydrogen) atoms. The van der Waals surface area contributed by atoms with Gasteiger partial charge in [-0.25, -0.2) is 4.99 Å². The fourth-order valence-corrected chi connectivity index (χ4v) is 7.25. The zero-order chi connectivity index (χ0) is 29.8. The number of para-hydroxylation sites is 1. The van der Waals surface area contributed by atoms with Gasteiger partial charge in [0.1, 0.15) is 34.1 Å². The first-order valence-electron chi connectivity index (χ1n) is 14.2. The van der Waals surface area contributed by atoms with Gasteiger partial charge >= 0.3 is 0 Å². The molecule has 0 spiro atoms. The van der Waals surface area contributed by atoms with Gasteiger partial charge in [-0.05, 0) is 80.3 Å². The second kappa shape index (κ2) is 10.2. The molecular weight excluding hydrogens is 540 g/mol. The van der Waals surface area contributed by atoms with Crippen LogP contribution in [-0.2, 0) is 0 Å². The zero-order valence-electron chi connectivity index (χ0n) is 24.7. The van der Waals surface area contributed by atoms with Crippen LogP contribution in [-0.4, -0.2) is 49.3 Å². The SMILES string of the molecule is COc1ccccc1[C@@H]1[C@@]2(C#N)CN(c3ccc(C)c(C)c3)C[C@@]1(C#N)C1=NCN(c3ccc(C)c(C)c3)CN1C2=S. The molecule has 0 aliphatic carbocycles. The largest absolute Gasteiger partial charge is 0.496 e. The Morgan fingerprint density at radius 2 is 1.43 bits per heavy atom. The van der Waals surface area contributed by atoms with Crippen molar-refractivity contribution in [2.24, 2.45) is 15.8 Å². The van der Waals surface area contributed by atoms with E-state index in [1.165, 1.54) is 16.7 Å². The minimum Gasteiger partial charge on any atom is -0.496 e. The van der Waals surface area contributed by atoms with E-state index in [9.17, 15) is 10.5 Å². The molecule has 3 aliphatic heterocycles. The van der Waals surface area contributed by atoms with Crippen LogP contribution in [0.1, 0.15) is 33.7 Å². The van der Waals surface area contributed by atoms with Crippen molar-refractivity contribution in [2.45, 2.75) is 33.6 Å². The molecule has 6 rings (SSSR count). The van der Waals surface area contributed by atoms with Crippen LogP contribution in [0, 0.1) is 61.2 Å². The van der Waals surface area contributed by atoms with Crippen LogP contribution in [0.15, 0.2) is 65.7 Å². The monoisotopic (exact) mass is 574 g/mol. The first-order chi connectivity index (χ1) is 20.2. The summed E-state index contributed by atoms with van der Waals surface area (Å²) in [4.78, 5) is 11.9. The molecule has 3 aliphatic rings. The van der Waals surface area contributed by atoms with Crippen LogP contribution in [0.4, 0.5) is 11.4 Å². The van der Waals surface area contributed by atoms with Gasteiger partial charge in [-0.2, -0.15) is 10.5 Å². The predicted octanol–water partition coefficient (Wildman–Crippen LogP) is 6.03. The number of thiocarbonyl (C=S) groups is 1. The van der Waals surface area contributed by atoms with Crippen LogP contribution in [0.2, 0.25) is 0 Å². The third-order valence-corrected chi connectivity index (χ3v) is 10.00. The van der Waals surface area contributed by atoms with Gasteiger partial charge in [0.15, 0.2) is 0 Å². The molecule has 2 saturated heterocycles. The van der Waals surface area contributed by atoms with Crippen molar-refractivity contribution in [1.82, 2.24) is 4.90 Å². The Bertz CT molecular complexity index is 1720. The van der Waals surface area contributed by atoms with Gasteiger partial charge in [0.2, 0.25) is 0 Å². The maximum Gasteiger partial charge on any atom is 0.141 e. The molecule has 3 atom stereocenters. The van der Waals surface area contributed by atoms with Gasteiger partial charge in [-0.15, -0.1) is 0 Å². The van der Waals surface area contributed by atoms with Crippen molar-refractivity contribution in [3.8, 4) is 17.9 Å². The smallest absolute Gasteiger partial charge is 0.141 e. The number of methoxy groups -OCH3 is 1. The summed E-state index contributed by atoms with van der Waals surface area (Å²) in [5.41, 5.74) is 5.24. The molecule has 0 amide bonds. The number of aliphatic imine (C=N–C) groups is 1. The van der Waals surface area contributed by atoms with E-state index in [0.717, 1.165) is 22.5 Å². The fourth-order valence-electron chi connectivity index (χ4n) is 6.88. The number of rotatable bonds is 4. The lowest BCUT2D eigenvalue weighted by Crippen LogP contribution is -2.73. The molecule has 3 aromatic rings. The lowest BCUT2D eigenvalue weighted by Gasteiger charge is -2.61. The molecule has 0 radical (unpaired) electrons. The number of anilines is 2. The van der Waals surface area contributed by atoms with E-state index in [1.807, 2.05) is 29.2 Å². The molecule has 0 saturated carbocycles. The minimum atomic E-state index is -1.19. The van der Waals surface area contributed by atoms with E-state index in [2.05, 4.69) is 86.0 Å². The van der Waals surface area contributed by atoms with E-state index in [0.29, 0.717) is 43.0 Å². The number of benzene rings is 3. The second-order valence-corrected chi connectivity index (χ2v) is 12.2. The predicted molar refractivity (Wildman–Crippen MR) is 170 cm³/mol. The van der Waals surface area contributed by atoms with Crippen LogP contribution in [0.5, 0.6) is 5.75 Å². The molecule has 3 aromatic carbocycles. The molecule has 8 heteroatoms. The van der Waals surface area contributed by atoms with Crippen LogP contribution < -0.4 is 14.5 Å². The van der Waals surface area contributed by atoms with E-state index in [-0.39, 0.29) is 0 Å². The lowest BCUT2D eigenvalue weighted by atomic mass is 9.53. The van der Waals surface area contributed by atoms with Crippen molar-refractivity contribution in [2.75, 3.05) is 43.3 Å². The molecule has 0 N–H and O–H groups in total. The molecule has 2 bridgehead atoms. The highest BCUT2D eigenvalue weighted by Gasteiger charge is 2.68. The van der Waals surface area contributed by atoms with Crippen molar-refractivity contribution in [1.29, 1.82) is 10.5 Å². The number of piperidine rings is 2. The summed E-state index contributed by atoms with van der Waals surface area (Å²) in [5.74, 6) is 0.714. The van der Waals surface area contributed by atoms with Crippen molar-refractivity contribution >= 4 is 34.4 Å². The van der Waals surface area contributed by atoms with Gasteiger partial charge in [0.25, 0.3) is 0 Å². The number of nitriles is 2. The third kappa shape index (κ3) is 3.97. The summed E-state index contributed by atoms with van der Waals surface area (Å²) in [6.07, 6.45) is 0. The highest BCUT2D eigenvalue weighted by Crippen LogP contribution is 2.60. The Kier molecular flexibility index (Phi) is 6.71. The Hall–Kier alpha value is -4.40. The summed E-state index contributed by atoms with van der Waals surface area (Å²) in [5, 5.41) is 22.4. The number of hydrogen-bond acceptors (Lipinski definition) is 7. The average molecular weight is 575 g/mol. The first-order valence-corrected chi connectivity index (χ1v) is 14.6. The fraction of sp³-hybridized carbons (Fsp3) is 0.353. The van der Waals surface area contributed by atoms with Gasteiger partial charge in [-0.3, -0.25) is 0 Å². The van der Waals surface area contributed by atoms with Crippen LogP contribution in [0.3, 0.4) is 0 Å². The molecule has 0 aromatic heterocycles. The highest BCUT2D eigenvalue weighted by molar-refractivity contribution is 7.80. The van der Waals surface area contributed by atoms with E-state index in [1.54, 1.807) is 7.11 Å². The summed E-state index contributed by atoms with van der Waals surface area (Å²) in [7, 11) is 1.63. The normalized spacial score (nSPS) is 24.8. The van der Waals surface area contributed by atoms with Crippen LogP contribution >= 0.6 is 12.2 Å². The molecule has 3 heterocycles. The molecular formula is C34H34N6OS. The third-order valence-electron chi connectivity index (χ3n) is 9.41. The van der Waals surface area contributed by atoms with Gasteiger partial charge in [-0.1, -0.05) is 42.5 Å². The summed E-state index contributed by atoms with van der Waals surface area (Å²) >= 11 is 6.29. The molecule has 0 unspecified atom stereocenters. The Balaban J connectivity index is 1.56. The number of nitrogens with zero attached hydrogens (tertiary/aromatic N) is 6. The van der Waals surface area contributed by atoms with E-state index < -0.39 is 16.7 Å². The number of amidine groups is 1. The maximum absolute atomic E-state index is 11.2. The van der Waals surface area contributed by atoms with Gasteiger partial charge in [0.05, 0.1) is 25.9 Å². The molecule has 212 valence electrons. The molecule has 2 fully saturated rings. The summed E-state index contributed by atoms with van der Waals surface area (Å²) in [6.45, 7) is 9.91.